The van der Waals surface area contributed by atoms with Gasteiger partial charge in [0.15, 0.2) is 5.82 Å². The molecule has 2 heterocycles. The molecule has 0 saturated heterocycles. The summed E-state index contributed by atoms with van der Waals surface area (Å²) in [5.41, 5.74) is 3.89. The summed E-state index contributed by atoms with van der Waals surface area (Å²) >= 11 is 0. The first kappa shape index (κ1) is 22.1. The molecule has 0 spiro atoms. The van der Waals surface area contributed by atoms with E-state index in [2.05, 4.69) is 21.6 Å². The maximum atomic E-state index is 12.7. The largest absolute Gasteiger partial charge is 0.444 e. The van der Waals surface area contributed by atoms with Gasteiger partial charge < -0.3 is 15.0 Å². The molecule has 7 heteroatoms. The molecule has 170 valence electrons. The van der Waals surface area contributed by atoms with E-state index in [0.29, 0.717) is 24.8 Å². The van der Waals surface area contributed by atoms with E-state index in [9.17, 15) is 9.59 Å². The minimum Gasteiger partial charge on any atom is -0.444 e. The molecule has 2 aromatic rings. The number of benzene rings is 1. The van der Waals surface area contributed by atoms with Gasteiger partial charge in [0, 0.05) is 30.8 Å². The van der Waals surface area contributed by atoms with Crippen LogP contribution in [0.2, 0.25) is 0 Å². The number of hydrogen-bond acceptors (Lipinski definition) is 4. The van der Waals surface area contributed by atoms with Crippen LogP contribution in [0.5, 0.6) is 0 Å². The Morgan fingerprint density at radius 2 is 1.94 bits per heavy atom. The van der Waals surface area contributed by atoms with Gasteiger partial charge in [-0.1, -0.05) is 30.3 Å². The van der Waals surface area contributed by atoms with Gasteiger partial charge in [0.2, 0.25) is 5.91 Å². The fourth-order valence-corrected chi connectivity index (χ4v) is 3.80. The number of hydrogen-bond donors (Lipinski definition) is 2. The predicted molar refractivity (Wildman–Crippen MR) is 124 cm³/mol. The van der Waals surface area contributed by atoms with Crippen molar-refractivity contribution < 1.29 is 14.3 Å². The van der Waals surface area contributed by atoms with Crippen LogP contribution in [0.1, 0.15) is 75.6 Å². The number of ether oxygens (including phenoxy) is 1. The van der Waals surface area contributed by atoms with Gasteiger partial charge >= 0.3 is 6.09 Å². The van der Waals surface area contributed by atoms with Gasteiger partial charge in [-0.15, -0.1) is 0 Å². The Morgan fingerprint density at radius 1 is 1.22 bits per heavy atom. The zero-order valence-corrected chi connectivity index (χ0v) is 19.3. The van der Waals surface area contributed by atoms with Gasteiger partial charge in [0.25, 0.3) is 0 Å². The molecule has 1 fully saturated rings. The Kier molecular flexibility index (Phi) is 6.09. The van der Waals surface area contributed by atoms with Crippen LogP contribution < -0.4 is 5.32 Å². The van der Waals surface area contributed by atoms with Crippen LogP contribution in [0, 0.1) is 0 Å². The smallest absolute Gasteiger partial charge is 0.410 e. The summed E-state index contributed by atoms with van der Waals surface area (Å²) in [5, 5.41) is 10.1. The molecular weight excluding hydrogens is 404 g/mol. The molecule has 2 N–H and O–H groups in total. The number of nitrogens with one attached hydrogen (secondary N) is 2. The first-order valence-corrected chi connectivity index (χ1v) is 11.3. The van der Waals surface area contributed by atoms with Gasteiger partial charge in [-0.2, -0.15) is 5.10 Å². The van der Waals surface area contributed by atoms with Crippen molar-refractivity contribution >= 4 is 23.4 Å². The Hall–Kier alpha value is -3.09. The van der Waals surface area contributed by atoms with E-state index in [-0.39, 0.29) is 17.9 Å². The highest BCUT2D eigenvalue weighted by atomic mass is 16.6. The number of aromatic nitrogens is 2. The first-order valence-electron chi connectivity index (χ1n) is 11.3. The van der Waals surface area contributed by atoms with Crippen molar-refractivity contribution in [2.75, 3.05) is 18.4 Å². The molecule has 7 nitrogen and oxygen atoms in total. The number of rotatable bonds is 5. The average molecular weight is 437 g/mol. The van der Waals surface area contributed by atoms with Crippen molar-refractivity contribution in [3.63, 3.8) is 0 Å². The lowest BCUT2D eigenvalue weighted by Crippen LogP contribution is -2.39. The van der Waals surface area contributed by atoms with Crippen LogP contribution in [0.15, 0.2) is 36.4 Å². The van der Waals surface area contributed by atoms with Gasteiger partial charge in [-0.05, 0) is 63.7 Å². The topological polar surface area (TPSA) is 87.3 Å². The number of nitrogens with zero attached hydrogens (tertiary/aromatic N) is 2. The van der Waals surface area contributed by atoms with E-state index < -0.39 is 5.60 Å². The Labute approximate surface area is 189 Å². The number of amides is 2. The molecule has 0 radical (unpaired) electrons. The summed E-state index contributed by atoms with van der Waals surface area (Å²) < 4.78 is 5.45. The van der Waals surface area contributed by atoms with E-state index in [0.717, 1.165) is 23.2 Å². The normalized spacial score (nSPS) is 17.5. The van der Waals surface area contributed by atoms with Crippen LogP contribution in [-0.4, -0.2) is 45.8 Å². The molecule has 1 atom stereocenters. The second-order valence-corrected chi connectivity index (χ2v) is 9.72. The molecule has 1 saturated carbocycles. The van der Waals surface area contributed by atoms with Gasteiger partial charge in [-0.3, -0.25) is 9.89 Å². The van der Waals surface area contributed by atoms with Crippen molar-refractivity contribution in [1.82, 2.24) is 15.1 Å². The SMILES string of the molecule is CC(C(=O)Nc1cc(C2CC2)[nH]n1)c1ccc(C2=CCN(C(=O)OC(C)(C)C)CC2)cc1. The van der Waals surface area contributed by atoms with Crippen molar-refractivity contribution in [2.24, 2.45) is 0 Å². The molecule has 0 bridgehead atoms. The predicted octanol–water partition coefficient (Wildman–Crippen LogP) is 5.05. The van der Waals surface area contributed by atoms with Crippen molar-refractivity contribution in [3.05, 3.63) is 53.2 Å². The highest BCUT2D eigenvalue weighted by Gasteiger charge is 2.26. The van der Waals surface area contributed by atoms with Gasteiger partial charge in [-0.25, -0.2) is 4.79 Å². The first-order chi connectivity index (χ1) is 15.2. The van der Waals surface area contributed by atoms with Crippen LogP contribution in [-0.2, 0) is 9.53 Å². The Bertz CT molecular complexity index is 1010. The maximum absolute atomic E-state index is 12.7. The molecule has 2 aliphatic rings. The lowest BCUT2D eigenvalue weighted by Gasteiger charge is -2.29. The summed E-state index contributed by atoms with van der Waals surface area (Å²) in [6, 6.07) is 10.0. The number of H-pyrrole nitrogens is 1. The van der Waals surface area contributed by atoms with E-state index in [1.807, 2.05) is 58.0 Å². The number of carbonyl (C=O) groups excluding carboxylic acids is 2. The lowest BCUT2D eigenvalue weighted by molar-refractivity contribution is -0.117. The van der Waals surface area contributed by atoms with E-state index >= 15 is 0 Å². The molecule has 4 rings (SSSR count). The van der Waals surface area contributed by atoms with Crippen molar-refractivity contribution in [1.29, 1.82) is 0 Å². The maximum Gasteiger partial charge on any atom is 0.410 e. The fraction of sp³-hybridized carbons (Fsp3) is 0.480. The third-order valence-corrected chi connectivity index (χ3v) is 5.90. The summed E-state index contributed by atoms with van der Waals surface area (Å²) in [5.74, 6) is 0.801. The van der Waals surface area contributed by atoms with Crippen molar-refractivity contribution in [3.8, 4) is 0 Å². The third kappa shape index (κ3) is 5.39. The fourth-order valence-electron chi connectivity index (χ4n) is 3.80. The van der Waals surface area contributed by atoms with Gasteiger partial charge in [0.1, 0.15) is 5.60 Å². The van der Waals surface area contributed by atoms with Crippen LogP contribution in [0.4, 0.5) is 10.6 Å². The molecule has 1 aliphatic carbocycles. The molecule has 1 aromatic heterocycles. The molecule has 2 amide bonds. The number of anilines is 1. The quantitative estimate of drug-likeness (QED) is 0.686. The van der Waals surface area contributed by atoms with Crippen LogP contribution in [0.25, 0.3) is 5.57 Å². The second kappa shape index (κ2) is 8.81. The third-order valence-electron chi connectivity index (χ3n) is 5.90. The minimum absolute atomic E-state index is 0.0727. The monoisotopic (exact) mass is 436 g/mol. The molecular formula is C25H32N4O3. The van der Waals surface area contributed by atoms with E-state index in [1.54, 1.807) is 4.90 Å². The van der Waals surface area contributed by atoms with Crippen molar-refractivity contribution in [2.45, 2.75) is 64.4 Å². The van der Waals surface area contributed by atoms with Gasteiger partial charge in [0.05, 0.1) is 5.92 Å². The average Bonchev–Trinajstić information content (AvgIpc) is 3.51. The second-order valence-electron chi connectivity index (χ2n) is 9.72. The van der Waals surface area contributed by atoms with Crippen LogP contribution in [0.3, 0.4) is 0 Å². The molecule has 1 aliphatic heterocycles. The summed E-state index contributed by atoms with van der Waals surface area (Å²) in [7, 11) is 0. The lowest BCUT2D eigenvalue weighted by atomic mass is 9.94. The number of carbonyl (C=O) groups is 2. The van der Waals surface area contributed by atoms with E-state index in [4.69, 9.17) is 4.74 Å². The van der Waals surface area contributed by atoms with E-state index in [1.165, 1.54) is 18.4 Å². The highest BCUT2D eigenvalue weighted by molar-refractivity contribution is 5.94. The van der Waals surface area contributed by atoms with Crippen LogP contribution >= 0.6 is 0 Å². The Balaban J connectivity index is 1.34. The number of aromatic amines is 1. The molecule has 1 unspecified atom stereocenters. The highest BCUT2D eigenvalue weighted by Crippen LogP contribution is 2.39. The zero-order valence-electron chi connectivity index (χ0n) is 19.3. The minimum atomic E-state index is -0.490. The molecule has 1 aromatic carbocycles. The zero-order chi connectivity index (χ0) is 22.9. The molecule has 32 heavy (non-hydrogen) atoms. The Morgan fingerprint density at radius 3 is 2.53 bits per heavy atom. The summed E-state index contributed by atoms with van der Waals surface area (Å²) in [6.07, 6.45) is 4.95. The summed E-state index contributed by atoms with van der Waals surface area (Å²) in [4.78, 5) is 26.6. The summed E-state index contributed by atoms with van der Waals surface area (Å²) in [6.45, 7) is 8.69. The standard InChI is InChI=1S/C25H32N4O3/c1-16(23(30)26-22-15-21(27-28-22)20-9-10-20)17-5-7-18(8-6-17)19-11-13-29(14-12-19)24(31)32-25(2,3)4/h5-8,11,15-16,20H,9-10,12-14H2,1-4H3,(H2,26,27,28,30).